The van der Waals surface area contributed by atoms with Gasteiger partial charge >= 0.3 is 0 Å². The molecule has 0 spiro atoms. The molecule has 1 amide bonds. The van der Waals surface area contributed by atoms with Crippen molar-refractivity contribution in [1.82, 2.24) is 9.88 Å². The van der Waals surface area contributed by atoms with E-state index in [0.29, 0.717) is 11.4 Å². The molecule has 228 valence electrons. The highest BCUT2D eigenvalue weighted by atomic mass is 32.2. The molecule has 41 heavy (non-hydrogen) atoms. The van der Waals surface area contributed by atoms with Crippen molar-refractivity contribution in [3.63, 3.8) is 0 Å². The Morgan fingerprint density at radius 1 is 1.05 bits per heavy atom. The number of ether oxygens (including phenoxy) is 1. The fourth-order valence-electron chi connectivity index (χ4n) is 3.43. The fourth-order valence-corrected chi connectivity index (χ4v) is 3.43. The number of carbonyl (C=O) groups is 1. The average Bonchev–Trinajstić information content (AvgIpc) is 3.79. The van der Waals surface area contributed by atoms with Crippen molar-refractivity contribution in [2.45, 2.75) is 74.3 Å². The molecular weight excluding hydrogens is 541 g/mol. The van der Waals surface area contributed by atoms with Gasteiger partial charge in [0, 0.05) is 24.8 Å². The third kappa shape index (κ3) is 11.1. The van der Waals surface area contributed by atoms with Crippen LogP contribution in [0.25, 0.3) is 0 Å². The van der Waals surface area contributed by atoms with Gasteiger partial charge in [-0.1, -0.05) is 65.6 Å². The Morgan fingerprint density at radius 2 is 1.63 bits per heavy atom. The number of nitrogens with zero attached hydrogens (tertiary/aromatic N) is 1. The molecule has 1 saturated carbocycles. The first-order valence-corrected chi connectivity index (χ1v) is 15.3. The normalized spacial score (nSPS) is 11.0. The smallest absolute Gasteiger partial charge is 0.259 e. The van der Waals surface area contributed by atoms with Gasteiger partial charge in [0.25, 0.3) is 11.5 Å². The molecule has 3 aromatic rings. The van der Waals surface area contributed by atoms with Crippen LogP contribution in [0.4, 0.5) is 21.6 Å². The lowest BCUT2D eigenvalue weighted by Gasteiger charge is -2.21. The predicted molar refractivity (Wildman–Crippen MR) is 174 cm³/mol. The first-order chi connectivity index (χ1) is 19.7. The molecule has 1 aromatic heterocycles. The molecule has 4 rings (SSSR count). The maximum absolute atomic E-state index is 14.6. The molecular formula is C31H48FN5O3S. The number of nitrogens with one attached hydrogen (secondary N) is 2. The summed E-state index contributed by atoms with van der Waals surface area (Å²) in [5.74, 6) is -0.272. The minimum absolute atomic E-state index is 0.0734. The van der Waals surface area contributed by atoms with Gasteiger partial charge in [-0.15, -0.1) is 0 Å². The van der Waals surface area contributed by atoms with E-state index in [1.54, 1.807) is 50.2 Å². The molecule has 8 nitrogen and oxygen atoms in total. The maximum atomic E-state index is 14.6. The van der Waals surface area contributed by atoms with E-state index in [-0.39, 0.29) is 40.0 Å². The summed E-state index contributed by atoms with van der Waals surface area (Å²) in [5.41, 5.74) is 7.24. The molecule has 0 radical (unpaired) electrons. The highest BCUT2D eigenvalue weighted by Crippen LogP contribution is 2.35. The number of carbonyl (C=O) groups excluding carboxylic acids is 1. The minimum Gasteiger partial charge on any atom is -0.456 e. The monoisotopic (exact) mass is 589 g/mol. The highest BCUT2D eigenvalue weighted by Gasteiger charge is 2.30. The number of halogens is 1. The van der Waals surface area contributed by atoms with Crippen LogP contribution in [0.15, 0.2) is 47.3 Å². The van der Waals surface area contributed by atoms with Gasteiger partial charge in [-0.05, 0) is 62.8 Å². The molecule has 1 aliphatic carbocycles. The lowest BCUT2D eigenvalue weighted by atomic mass is 10.1. The number of pyridine rings is 1. The summed E-state index contributed by atoms with van der Waals surface area (Å²) in [6, 6.07) is 11.5. The maximum Gasteiger partial charge on any atom is 0.259 e. The molecule has 1 aliphatic rings. The topological polar surface area (TPSA) is 124 Å². The number of anilines is 3. The van der Waals surface area contributed by atoms with Crippen molar-refractivity contribution in [2.24, 2.45) is 12.2 Å². The quantitative estimate of drug-likeness (QED) is 0.174. The van der Waals surface area contributed by atoms with Crippen LogP contribution in [0.3, 0.4) is 0 Å². The number of hydrogen-bond acceptors (Lipinski definition) is 7. The van der Waals surface area contributed by atoms with Crippen LogP contribution in [0, 0.1) is 19.7 Å². The lowest BCUT2D eigenvalue weighted by Crippen LogP contribution is -2.31. The lowest BCUT2D eigenvalue weighted by molar-refractivity contribution is 0.0948. The Labute approximate surface area is 249 Å². The van der Waals surface area contributed by atoms with Crippen LogP contribution < -0.4 is 31.8 Å². The molecule has 0 bridgehead atoms. The van der Waals surface area contributed by atoms with Crippen molar-refractivity contribution < 1.29 is 13.9 Å². The number of benzene rings is 2. The Morgan fingerprint density at radius 3 is 2.15 bits per heavy atom. The molecule has 1 fully saturated rings. The van der Waals surface area contributed by atoms with E-state index in [1.807, 2.05) is 47.8 Å². The summed E-state index contributed by atoms with van der Waals surface area (Å²) < 4.78 is 21.9. The Hall–Kier alpha value is -3.50. The van der Waals surface area contributed by atoms with E-state index in [2.05, 4.69) is 10.6 Å². The predicted octanol–water partition coefficient (Wildman–Crippen LogP) is 7.45. The van der Waals surface area contributed by atoms with Gasteiger partial charge in [0.15, 0.2) is 5.75 Å². The minimum atomic E-state index is -0.495. The average molecular weight is 590 g/mol. The zero-order valence-electron chi connectivity index (χ0n) is 26.1. The van der Waals surface area contributed by atoms with Crippen LogP contribution in [0.1, 0.15) is 75.9 Å². The molecule has 2 aromatic carbocycles. The second kappa shape index (κ2) is 19.6. The van der Waals surface area contributed by atoms with Gasteiger partial charge in [-0.3, -0.25) is 19.3 Å². The van der Waals surface area contributed by atoms with Gasteiger partial charge < -0.3 is 21.1 Å². The largest absolute Gasteiger partial charge is 0.456 e. The molecule has 6 N–H and O–H groups in total. The summed E-state index contributed by atoms with van der Waals surface area (Å²) in [7, 11) is 1.53. The van der Waals surface area contributed by atoms with Gasteiger partial charge in [-0.25, -0.2) is 4.39 Å². The van der Waals surface area contributed by atoms with Crippen LogP contribution in [0.2, 0.25) is 0 Å². The van der Waals surface area contributed by atoms with E-state index in [1.165, 1.54) is 29.6 Å². The zero-order chi connectivity index (χ0) is 31.7. The van der Waals surface area contributed by atoms with Gasteiger partial charge in [0.05, 0.1) is 11.3 Å². The summed E-state index contributed by atoms with van der Waals surface area (Å²) in [5, 5.41) is 10.6. The van der Waals surface area contributed by atoms with Crippen LogP contribution >= 0.6 is 11.9 Å². The van der Waals surface area contributed by atoms with E-state index < -0.39 is 11.7 Å². The standard InChI is InChI=1S/C24H25FN4O3.3C2H6.CH5NS/c1-13-7-10-19(18(25)11-13)28-22-20(23(30)27-16-8-9-16)21(14(2)24(31)29(22)3)32-17-6-4-5-15(26)12-17;3*1-2;1-3-2/h4-7,10-12,16,28H,8-9,26H2,1-3H3,(H,27,30);3*1-2H3;2H2,1H3. The molecule has 1 heterocycles. The summed E-state index contributed by atoms with van der Waals surface area (Å²) in [6.45, 7) is 15.4. The second-order valence-corrected chi connectivity index (χ2v) is 8.78. The first kappa shape index (κ1) is 37.5. The van der Waals surface area contributed by atoms with E-state index >= 15 is 0 Å². The number of nitrogens with two attached hydrogens (primary N) is 2. The van der Waals surface area contributed by atoms with Gasteiger partial charge in [0.1, 0.15) is 22.9 Å². The number of aromatic nitrogens is 1. The molecule has 0 unspecified atom stereocenters. The van der Waals surface area contributed by atoms with Crippen molar-refractivity contribution in [2.75, 3.05) is 17.3 Å². The number of aryl methyl sites for hydroxylation is 1. The summed E-state index contributed by atoms with van der Waals surface area (Å²) in [4.78, 5) is 26.3. The molecule has 0 aliphatic heterocycles. The SMILES string of the molecule is CC.CC.CC.CSN.Cc1ccc(Nc2c(C(=O)NC3CC3)c(Oc3cccc(N)c3)c(C)c(=O)n2C)c(F)c1. The van der Waals surface area contributed by atoms with Crippen LogP contribution in [0.5, 0.6) is 11.5 Å². The Balaban J connectivity index is 0.00000161. The van der Waals surface area contributed by atoms with Gasteiger partial charge in [0.2, 0.25) is 0 Å². The van der Waals surface area contributed by atoms with E-state index in [0.717, 1.165) is 18.4 Å². The van der Waals surface area contributed by atoms with Crippen molar-refractivity contribution in [3.8, 4) is 11.5 Å². The molecule has 0 saturated heterocycles. The third-order valence-electron chi connectivity index (χ3n) is 5.36. The van der Waals surface area contributed by atoms with E-state index in [9.17, 15) is 14.0 Å². The fraction of sp³-hybridized carbons (Fsp3) is 0.419. The number of nitrogen functional groups attached to an aromatic ring is 1. The third-order valence-corrected chi connectivity index (χ3v) is 5.36. The number of rotatable bonds is 6. The van der Waals surface area contributed by atoms with E-state index in [4.69, 9.17) is 15.6 Å². The Kier molecular flexibility index (Phi) is 17.9. The van der Waals surface area contributed by atoms with Crippen LogP contribution in [-0.4, -0.2) is 22.8 Å². The zero-order valence-corrected chi connectivity index (χ0v) is 27.0. The number of hydrogen-bond donors (Lipinski definition) is 4. The van der Waals surface area contributed by atoms with Crippen molar-refractivity contribution in [3.05, 3.63) is 75.3 Å². The molecule has 10 heteroatoms. The Bertz CT molecular complexity index is 1290. The summed E-state index contributed by atoms with van der Waals surface area (Å²) in [6.07, 6.45) is 3.59. The number of amides is 1. The van der Waals surface area contributed by atoms with Crippen LogP contribution in [-0.2, 0) is 7.05 Å². The first-order valence-electron chi connectivity index (χ1n) is 14.0. The highest BCUT2D eigenvalue weighted by molar-refractivity contribution is 7.96. The van der Waals surface area contributed by atoms with Gasteiger partial charge in [-0.2, -0.15) is 0 Å². The second-order valence-electron chi connectivity index (χ2n) is 8.31. The van der Waals surface area contributed by atoms with Crippen molar-refractivity contribution >= 4 is 35.0 Å². The summed E-state index contributed by atoms with van der Waals surface area (Å²) >= 11 is 1.25. The molecule has 0 atom stereocenters. The van der Waals surface area contributed by atoms with Crippen molar-refractivity contribution in [1.29, 1.82) is 0 Å².